The summed E-state index contributed by atoms with van der Waals surface area (Å²) in [5, 5.41) is 0. The van der Waals surface area contributed by atoms with Crippen LogP contribution in [0.2, 0.25) is 0 Å². The first-order valence-electron chi connectivity index (χ1n) is 7.22. The molecule has 106 valence electrons. The molecule has 1 aromatic rings. The molecular formula is C16H26N2O. The first kappa shape index (κ1) is 15.7. The van der Waals surface area contributed by atoms with Crippen LogP contribution in [0.25, 0.3) is 0 Å². The van der Waals surface area contributed by atoms with Gasteiger partial charge in [0.15, 0.2) is 0 Å². The molecule has 2 N–H and O–H groups in total. The highest BCUT2D eigenvalue weighted by Crippen LogP contribution is 2.13. The van der Waals surface area contributed by atoms with Crippen molar-refractivity contribution in [1.82, 2.24) is 4.90 Å². The highest BCUT2D eigenvalue weighted by Gasteiger charge is 2.21. The van der Waals surface area contributed by atoms with E-state index in [0.717, 1.165) is 25.9 Å². The lowest BCUT2D eigenvalue weighted by Crippen LogP contribution is -2.39. The number of carbonyl (C=O) groups is 1. The van der Waals surface area contributed by atoms with E-state index in [-0.39, 0.29) is 11.8 Å². The molecule has 1 atom stereocenters. The monoisotopic (exact) mass is 262 g/mol. The van der Waals surface area contributed by atoms with Crippen molar-refractivity contribution in [3.05, 3.63) is 35.4 Å². The Labute approximate surface area is 116 Å². The van der Waals surface area contributed by atoms with Crippen molar-refractivity contribution in [3.63, 3.8) is 0 Å². The van der Waals surface area contributed by atoms with E-state index < -0.39 is 0 Å². The van der Waals surface area contributed by atoms with Gasteiger partial charge >= 0.3 is 0 Å². The summed E-state index contributed by atoms with van der Waals surface area (Å²) in [5.74, 6) is 0.0689. The molecule has 1 unspecified atom stereocenters. The number of amides is 1. The molecule has 1 aromatic carbocycles. The second-order valence-electron chi connectivity index (χ2n) is 4.82. The summed E-state index contributed by atoms with van der Waals surface area (Å²) in [7, 11) is 0. The van der Waals surface area contributed by atoms with Crippen LogP contribution >= 0.6 is 0 Å². The average Bonchev–Trinajstić information content (AvgIpc) is 2.46. The maximum atomic E-state index is 12.3. The Kier molecular flexibility index (Phi) is 6.57. The number of nitrogens with zero attached hydrogens (tertiary/aromatic N) is 1. The van der Waals surface area contributed by atoms with Gasteiger partial charge in [-0.1, -0.05) is 31.2 Å². The van der Waals surface area contributed by atoms with Crippen LogP contribution in [-0.4, -0.2) is 30.4 Å². The van der Waals surface area contributed by atoms with E-state index in [1.165, 1.54) is 11.1 Å². The largest absolute Gasteiger partial charge is 0.343 e. The van der Waals surface area contributed by atoms with Crippen LogP contribution in [-0.2, 0) is 17.6 Å². The molecule has 0 spiro atoms. The molecule has 0 aliphatic rings. The minimum absolute atomic E-state index is 0.104. The second-order valence-corrected chi connectivity index (χ2v) is 4.82. The molecular weight excluding hydrogens is 236 g/mol. The van der Waals surface area contributed by atoms with Gasteiger partial charge in [0.05, 0.1) is 5.92 Å². The van der Waals surface area contributed by atoms with Crippen molar-refractivity contribution in [1.29, 1.82) is 0 Å². The smallest absolute Gasteiger partial charge is 0.227 e. The molecule has 1 rings (SSSR count). The zero-order valence-corrected chi connectivity index (χ0v) is 12.4. The minimum atomic E-state index is -0.104. The second kappa shape index (κ2) is 7.95. The molecule has 19 heavy (non-hydrogen) atoms. The summed E-state index contributed by atoms with van der Waals surface area (Å²) in [4.78, 5) is 14.2. The van der Waals surface area contributed by atoms with Gasteiger partial charge in [0.1, 0.15) is 0 Å². The van der Waals surface area contributed by atoms with Gasteiger partial charge in [-0.15, -0.1) is 0 Å². The van der Waals surface area contributed by atoms with Crippen LogP contribution in [0.4, 0.5) is 0 Å². The Morgan fingerprint density at radius 1 is 1.11 bits per heavy atom. The number of rotatable bonds is 7. The molecule has 0 saturated heterocycles. The number of hydrogen-bond acceptors (Lipinski definition) is 2. The molecule has 0 bridgehead atoms. The molecule has 0 aliphatic carbocycles. The Morgan fingerprint density at radius 2 is 1.63 bits per heavy atom. The molecule has 1 amide bonds. The van der Waals surface area contributed by atoms with Crippen LogP contribution in [0.1, 0.15) is 31.9 Å². The van der Waals surface area contributed by atoms with Crippen molar-refractivity contribution in [3.8, 4) is 0 Å². The fraction of sp³-hybridized carbons (Fsp3) is 0.562. The normalized spacial score (nSPS) is 12.2. The molecule has 0 aromatic heterocycles. The highest BCUT2D eigenvalue weighted by molar-refractivity contribution is 5.79. The molecule has 3 nitrogen and oxygen atoms in total. The molecule has 3 heteroatoms. The third-order valence-electron chi connectivity index (χ3n) is 3.62. The zero-order valence-electron chi connectivity index (χ0n) is 12.4. The third-order valence-corrected chi connectivity index (χ3v) is 3.62. The van der Waals surface area contributed by atoms with E-state index in [1.807, 2.05) is 18.7 Å². The van der Waals surface area contributed by atoms with Crippen LogP contribution < -0.4 is 5.73 Å². The number of carbonyl (C=O) groups excluding carboxylic acids is 1. The van der Waals surface area contributed by atoms with Crippen LogP contribution in [0.3, 0.4) is 0 Å². The Bertz CT molecular complexity index is 382. The van der Waals surface area contributed by atoms with Gasteiger partial charge in [-0.25, -0.2) is 0 Å². The van der Waals surface area contributed by atoms with Crippen molar-refractivity contribution >= 4 is 5.91 Å². The van der Waals surface area contributed by atoms with Gasteiger partial charge in [-0.3, -0.25) is 4.79 Å². The quantitative estimate of drug-likeness (QED) is 0.819. The predicted molar refractivity (Wildman–Crippen MR) is 80.0 cm³/mol. The van der Waals surface area contributed by atoms with Crippen LogP contribution in [0.5, 0.6) is 0 Å². The fourth-order valence-electron chi connectivity index (χ4n) is 2.26. The SMILES string of the molecule is CCc1ccc(CC(CN)C(=O)N(CC)CC)cc1. The van der Waals surface area contributed by atoms with Gasteiger partial charge in [0, 0.05) is 19.6 Å². The topological polar surface area (TPSA) is 46.3 Å². The lowest BCUT2D eigenvalue weighted by molar-refractivity contribution is -0.134. The van der Waals surface area contributed by atoms with Crippen molar-refractivity contribution < 1.29 is 4.79 Å². The zero-order chi connectivity index (χ0) is 14.3. The van der Waals surface area contributed by atoms with Gasteiger partial charge in [0.25, 0.3) is 0 Å². The molecule has 0 saturated carbocycles. The number of benzene rings is 1. The van der Waals surface area contributed by atoms with E-state index in [4.69, 9.17) is 5.73 Å². The molecule has 0 fully saturated rings. The molecule has 0 aliphatic heterocycles. The van der Waals surface area contributed by atoms with E-state index in [1.54, 1.807) is 0 Å². The summed E-state index contributed by atoms with van der Waals surface area (Å²) < 4.78 is 0. The Hall–Kier alpha value is -1.35. The van der Waals surface area contributed by atoms with E-state index in [9.17, 15) is 4.79 Å². The summed E-state index contributed by atoms with van der Waals surface area (Å²) in [6.45, 7) is 8.06. The summed E-state index contributed by atoms with van der Waals surface area (Å²) in [6.07, 6.45) is 1.77. The lowest BCUT2D eigenvalue weighted by Gasteiger charge is -2.24. The van der Waals surface area contributed by atoms with E-state index in [0.29, 0.717) is 6.54 Å². The number of nitrogens with two attached hydrogens (primary N) is 1. The maximum absolute atomic E-state index is 12.3. The Morgan fingerprint density at radius 3 is 2.05 bits per heavy atom. The van der Waals surface area contributed by atoms with Gasteiger partial charge in [-0.05, 0) is 37.8 Å². The van der Waals surface area contributed by atoms with E-state index >= 15 is 0 Å². The van der Waals surface area contributed by atoms with Crippen LogP contribution in [0, 0.1) is 5.92 Å². The van der Waals surface area contributed by atoms with Gasteiger partial charge in [0.2, 0.25) is 5.91 Å². The average molecular weight is 262 g/mol. The predicted octanol–water partition coefficient (Wildman–Crippen LogP) is 2.23. The Balaban J connectivity index is 2.72. The minimum Gasteiger partial charge on any atom is -0.343 e. The van der Waals surface area contributed by atoms with Crippen molar-refractivity contribution in [2.45, 2.75) is 33.6 Å². The molecule has 0 radical (unpaired) electrons. The third kappa shape index (κ3) is 4.35. The standard InChI is InChI=1S/C16H26N2O/c1-4-13-7-9-14(10-8-13)11-15(12-17)16(19)18(5-2)6-3/h7-10,15H,4-6,11-12,17H2,1-3H3. The first-order valence-corrected chi connectivity index (χ1v) is 7.22. The maximum Gasteiger partial charge on any atom is 0.227 e. The van der Waals surface area contributed by atoms with Gasteiger partial charge < -0.3 is 10.6 Å². The van der Waals surface area contributed by atoms with E-state index in [2.05, 4.69) is 31.2 Å². The number of hydrogen-bond donors (Lipinski definition) is 1. The lowest BCUT2D eigenvalue weighted by atomic mass is 9.97. The van der Waals surface area contributed by atoms with Crippen LogP contribution in [0.15, 0.2) is 24.3 Å². The first-order chi connectivity index (χ1) is 9.15. The number of aryl methyl sites for hydroxylation is 1. The van der Waals surface area contributed by atoms with Crippen molar-refractivity contribution in [2.24, 2.45) is 11.7 Å². The fourth-order valence-corrected chi connectivity index (χ4v) is 2.26. The summed E-state index contributed by atoms with van der Waals surface area (Å²) in [5.41, 5.74) is 8.29. The highest BCUT2D eigenvalue weighted by atomic mass is 16.2. The summed E-state index contributed by atoms with van der Waals surface area (Å²) in [6, 6.07) is 8.48. The van der Waals surface area contributed by atoms with Gasteiger partial charge in [-0.2, -0.15) is 0 Å². The summed E-state index contributed by atoms with van der Waals surface area (Å²) >= 11 is 0. The molecule has 0 heterocycles. The van der Waals surface area contributed by atoms with Crippen molar-refractivity contribution in [2.75, 3.05) is 19.6 Å².